The minimum absolute atomic E-state index is 0.00477. The van der Waals surface area contributed by atoms with Crippen LogP contribution in [0.5, 0.6) is 0 Å². The highest BCUT2D eigenvalue weighted by Crippen LogP contribution is 2.45. The Hall–Kier alpha value is -3.55. The Balaban J connectivity index is 1.39. The first-order valence-electron chi connectivity index (χ1n) is 10.4. The van der Waals surface area contributed by atoms with Crippen LogP contribution in [0.2, 0.25) is 0 Å². The van der Waals surface area contributed by atoms with E-state index in [1.165, 1.54) is 18.2 Å². The van der Waals surface area contributed by atoms with E-state index in [0.29, 0.717) is 35.2 Å². The Kier molecular flexibility index (Phi) is 5.00. The van der Waals surface area contributed by atoms with Gasteiger partial charge in [-0.15, -0.1) is 0 Å². The molecule has 0 spiro atoms. The van der Waals surface area contributed by atoms with Crippen molar-refractivity contribution in [3.05, 3.63) is 77.6 Å². The number of hydrogen-bond acceptors (Lipinski definition) is 2. The number of benzene rings is 2. The molecule has 4 aromatic rings. The average Bonchev–Trinajstić information content (AvgIpc) is 3.28. The molecule has 5 nitrogen and oxygen atoms in total. The van der Waals surface area contributed by atoms with E-state index in [-0.39, 0.29) is 35.6 Å². The van der Waals surface area contributed by atoms with Crippen molar-refractivity contribution in [2.45, 2.75) is 31.2 Å². The van der Waals surface area contributed by atoms with Crippen molar-refractivity contribution in [1.29, 1.82) is 0 Å². The first-order chi connectivity index (χ1) is 15.4. The summed E-state index contributed by atoms with van der Waals surface area (Å²) in [7, 11) is 1.84. The van der Waals surface area contributed by atoms with Gasteiger partial charge in [-0.25, -0.2) is 18.2 Å². The van der Waals surface area contributed by atoms with Gasteiger partial charge in [0.25, 0.3) is 0 Å². The predicted molar refractivity (Wildman–Crippen MR) is 114 cm³/mol. The lowest BCUT2D eigenvalue weighted by molar-refractivity contribution is -0.121. The maximum atomic E-state index is 14.5. The van der Waals surface area contributed by atoms with Crippen LogP contribution in [0.25, 0.3) is 22.2 Å². The second kappa shape index (κ2) is 7.85. The van der Waals surface area contributed by atoms with Crippen molar-refractivity contribution in [1.82, 2.24) is 19.9 Å². The minimum atomic E-state index is -0.672. The highest BCUT2D eigenvalue weighted by atomic mass is 19.1. The first-order valence-corrected chi connectivity index (χ1v) is 10.4. The lowest BCUT2D eigenvalue weighted by atomic mass is 9.74. The van der Waals surface area contributed by atoms with Crippen molar-refractivity contribution >= 4 is 16.8 Å². The summed E-state index contributed by atoms with van der Waals surface area (Å²) >= 11 is 0. The molecule has 0 aliphatic heterocycles. The number of nitrogens with zero attached hydrogens (tertiary/aromatic N) is 2. The molecule has 0 unspecified atom stereocenters. The normalized spacial score (nSPS) is 18.0. The largest absolute Gasteiger partial charge is 0.353 e. The van der Waals surface area contributed by atoms with Gasteiger partial charge in [-0.05, 0) is 60.2 Å². The average molecular weight is 438 g/mol. The topological polar surface area (TPSA) is 62.7 Å². The van der Waals surface area contributed by atoms with Crippen molar-refractivity contribution in [2.24, 2.45) is 7.05 Å². The fourth-order valence-electron chi connectivity index (χ4n) is 4.48. The van der Waals surface area contributed by atoms with Gasteiger partial charge in [-0.2, -0.15) is 0 Å². The summed E-state index contributed by atoms with van der Waals surface area (Å²) in [4.78, 5) is 19.6. The minimum Gasteiger partial charge on any atom is -0.353 e. The molecule has 1 saturated carbocycles. The number of hydrogen-bond donors (Lipinski definition) is 2. The number of aryl methyl sites for hydroxylation is 1. The molecule has 8 heteroatoms. The molecule has 2 N–H and O–H groups in total. The monoisotopic (exact) mass is 438 g/mol. The van der Waals surface area contributed by atoms with Crippen LogP contribution in [0.3, 0.4) is 0 Å². The maximum Gasteiger partial charge on any atom is 0.226 e. The number of aromatic nitrogens is 3. The van der Waals surface area contributed by atoms with Crippen LogP contribution in [0.1, 0.15) is 30.0 Å². The number of H-pyrrole nitrogens is 1. The summed E-state index contributed by atoms with van der Waals surface area (Å²) in [5.41, 5.74) is 3.05. The number of carbonyl (C=O) groups is 1. The summed E-state index contributed by atoms with van der Waals surface area (Å²) in [6, 6.07) is 8.04. The third-order valence-corrected chi connectivity index (χ3v) is 6.01. The molecule has 2 aromatic heterocycles. The third-order valence-electron chi connectivity index (χ3n) is 6.01. The quantitative estimate of drug-likeness (QED) is 0.479. The molecule has 1 amide bonds. The summed E-state index contributed by atoms with van der Waals surface area (Å²) in [5, 5.41) is 3.48. The molecule has 2 aromatic carbocycles. The fourth-order valence-corrected chi connectivity index (χ4v) is 4.48. The zero-order chi connectivity index (χ0) is 22.4. The molecule has 0 atom stereocenters. The fraction of sp³-hybridized carbons (Fsp3) is 0.250. The third kappa shape index (κ3) is 3.77. The number of halogens is 3. The summed E-state index contributed by atoms with van der Waals surface area (Å²) in [5.74, 6) is -1.80. The lowest BCUT2D eigenvalue weighted by Crippen LogP contribution is -2.44. The van der Waals surface area contributed by atoms with Crippen LogP contribution >= 0.6 is 0 Å². The summed E-state index contributed by atoms with van der Waals surface area (Å²) in [6.07, 6.45) is 4.94. The Morgan fingerprint density at radius 2 is 1.91 bits per heavy atom. The highest BCUT2D eigenvalue weighted by Gasteiger charge is 2.35. The molecule has 0 radical (unpaired) electrons. The molecule has 1 fully saturated rings. The van der Waals surface area contributed by atoms with Crippen LogP contribution in [-0.2, 0) is 18.3 Å². The second-order valence-corrected chi connectivity index (χ2v) is 8.37. The second-order valence-electron chi connectivity index (χ2n) is 8.37. The van der Waals surface area contributed by atoms with E-state index in [4.69, 9.17) is 0 Å². The van der Waals surface area contributed by atoms with Gasteiger partial charge in [0.15, 0.2) is 0 Å². The molecule has 0 saturated heterocycles. The van der Waals surface area contributed by atoms with E-state index in [2.05, 4.69) is 15.3 Å². The van der Waals surface area contributed by atoms with Gasteiger partial charge in [-0.3, -0.25) is 4.79 Å². The smallest absolute Gasteiger partial charge is 0.226 e. The summed E-state index contributed by atoms with van der Waals surface area (Å²) < 4.78 is 43.7. The van der Waals surface area contributed by atoms with Crippen LogP contribution in [0, 0.1) is 17.5 Å². The number of nitrogens with one attached hydrogen (secondary N) is 2. The van der Waals surface area contributed by atoms with Crippen LogP contribution in [0.4, 0.5) is 13.2 Å². The lowest BCUT2D eigenvalue weighted by Gasteiger charge is -2.36. The van der Waals surface area contributed by atoms with Crippen LogP contribution in [-0.4, -0.2) is 26.5 Å². The first kappa shape index (κ1) is 20.4. The van der Waals surface area contributed by atoms with Gasteiger partial charge >= 0.3 is 0 Å². The Labute approximate surface area is 182 Å². The highest BCUT2D eigenvalue weighted by molar-refractivity contribution is 5.92. The zero-order valence-electron chi connectivity index (χ0n) is 17.3. The molecular formula is C24H21F3N4O. The van der Waals surface area contributed by atoms with E-state index in [9.17, 15) is 18.0 Å². The zero-order valence-corrected chi connectivity index (χ0v) is 17.3. The molecule has 32 heavy (non-hydrogen) atoms. The van der Waals surface area contributed by atoms with Crippen molar-refractivity contribution in [2.75, 3.05) is 0 Å². The molecule has 1 aliphatic rings. The van der Waals surface area contributed by atoms with Crippen LogP contribution < -0.4 is 5.32 Å². The van der Waals surface area contributed by atoms with E-state index in [1.54, 1.807) is 29.2 Å². The predicted octanol–water partition coefficient (Wildman–Crippen LogP) is 4.59. The van der Waals surface area contributed by atoms with E-state index in [0.717, 1.165) is 11.6 Å². The SMILES string of the molecule is Cn1cnc(CC(=O)NC2CC(c3c(-c4ccc(F)cc4)[nH]c4c(F)cc(F)cc34)C2)c1. The number of fused-ring (bicyclic) bond motifs is 1. The Morgan fingerprint density at radius 3 is 2.59 bits per heavy atom. The van der Waals surface area contributed by atoms with Gasteiger partial charge in [0.05, 0.1) is 29.7 Å². The van der Waals surface area contributed by atoms with Gasteiger partial charge in [0.2, 0.25) is 5.91 Å². The van der Waals surface area contributed by atoms with Crippen molar-refractivity contribution in [3.8, 4) is 11.3 Å². The molecule has 0 bridgehead atoms. The maximum absolute atomic E-state index is 14.5. The van der Waals surface area contributed by atoms with Gasteiger partial charge in [-0.1, -0.05) is 0 Å². The molecule has 1 aliphatic carbocycles. The van der Waals surface area contributed by atoms with Crippen molar-refractivity contribution < 1.29 is 18.0 Å². The van der Waals surface area contributed by atoms with Gasteiger partial charge in [0, 0.05) is 30.7 Å². The molecular weight excluding hydrogens is 417 g/mol. The van der Waals surface area contributed by atoms with Crippen molar-refractivity contribution in [3.63, 3.8) is 0 Å². The van der Waals surface area contributed by atoms with Gasteiger partial charge in [0.1, 0.15) is 17.5 Å². The summed E-state index contributed by atoms with van der Waals surface area (Å²) in [6.45, 7) is 0. The molecule has 5 rings (SSSR count). The number of imidazole rings is 1. The number of aromatic amines is 1. The standard InChI is InChI=1S/C24H21F3N4O/c1-31-11-18(28-12-31)10-21(32)29-17-6-14(7-17)22-19-8-16(26)9-20(27)24(19)30-23(22)13-2-4-15(25)5-3-13/h2-5,8-9,11-12,14,17,30H,6-7,10H2,1H3,(H,29,32). The number of carbonyl (C=O) groups excluding carboxylic acids is 1. The van der Waals surface area contributed by atoms with Gasteiger partial charge < -0.3 is 14.9 Å². The van der Waals surface area contributed by atoms with E-state index >= 15 is 0 Å². The molecule has 164 valence electrons. The van der Waals surface area contributed by atoms with E-state index < -0.39 is 11.6 Å². The Bertz CT molecular complexity index is 1300. The van der Waals surface area contributed by atoms with E-state index in [1.807, 2.05) is 7.05 Å². The number of amides is 1. The Morgan fingerprint density at radius 1 is 1.16 bits per heavy atom. The molecule has 2 heterocycles. The van der Waals surface area contributed by atoms with Crippen LogP contribution in [0.15, 0.2) is 48.9 Å². The number of rotatable bonds is 5.